The first-order valence-electron chi connectivity index (χ1n) is 8.95. The van der Waals surface area contributed by atoms with E-state index in [9.17, 15) is 5.11 Å². The number of nitrogens with zero attached hydrogens (tertiary/aromatic N) is 1. The fourth-order valence-corrected chi connectivity index (χ4v) is 3.29. The Morgan fingerprint density at radius 3 is 2.39 bits per heavy atom. The standard InChI is InChI=1S/C20H27NO2/c22-19-16-23-20-12-11-17(15-18(19)20)21-13-9-7-5-3-1-2-4-6-8-10-14-21/h1,3,11-12,15-16,22H,2,4-10,13-14H2. The van der Waals surface area contributed by atoms with Gasteiger partial charge in [-0.2, -0.15) is 0 Å². The molecule has 1 aromatic heterocycles. The Morgan fingerprint density at radius 2 is 1.57 bits per heavy atom. The summed E-state index contributed by atoms with van der Waals surface area (Å²) >= 11 is 0. The minimum Gasteiger partial charge on any atom is -0.504 e. The molecule has 3 nitrogen and oxygen atoms in total. The topological polar surface area (TPSA) is 36.6 Å². The molecule has 0 saturated heterocycles. The number of anilines is 1. The maximum atomic E-state index is 9.90. The summed E-state index contributed by atoms with van der Waals surface area (Å²) in [6, 6.07) is 6.14. The molecule has 0 bridgehead atoms. The Morgan fingerprint density at radius 1 is 0.870 bits per heavy atom. The zero-order chi connectivity index (χ0) is 15.9. The van der Waals surface area contributed by atoms with Crippen LogP contribution in [0.25, 0.3) is 11.0 Å². The van der Waals surface area contributed by atoms with E-state index in [0.717, 1.165) is 24.1 Å². The van der Waals surface area contributed by atoms with E-state index in [0.29, 0.717) is 0 Å². The van der Waals surface area contributed by atoms with Gasteiger partial charge in [0.2, 0.25) is 0 Å². The number of rotatable bonds is 1. The van der Waals surface area contributed by atoms with Crippen LogP contribution in [-0.2, 0) is 0 Å². The Hall–Kier alpha value is -1.90. The number of fused-ring (bicyclic) bond motifs is 1. The van der Waals surface area contributed by atoms with Crippen molar-refractivity contribution in [2.24, 2.45) is 0 Å². The van der Waals surface area contributed by atoms with E-state index in [4.69, 9.17) is 4.42 Å². The van der Waals surface area contributed by atoms with Gasteiger partial charge in [-0.15, -0.1) is 0 Å². The van der Waals surface area contributed by atoms with E-state index in [1.807, 2.05) is 6.07 Å². The molecule has 0 unspecified atom stereocenters. The van der Waals surface area contributed by atoms with E-state index < -0.39 is 0 Å². The van der Waals surface area contributed by atoms with Crippen LogP contribution in [0.15, 0.2) is 41.0 Å². The lowest BCUT2D eigenvalue weighted by Gasteiger charge is -2.25. The Bertz CT molecular complexity index is 644. The normalized spacial score (nSPS) is 18.3. The van der Waals surface area contributed by atoms with Crippen LogP contribution in [0, 0.1) is 0 Å². The highest BCUT2D eigenvalue weighted by atomic mass is 16.4. The molecule has 1 aliphatic heterocycles. The zero-order valence-electron chi connectivity index (χ0n) is 13.8. The molecular weight excluding hydrogens is 286 g/mol. The first-order valence-corrected chi connectivity index (χ1v) is 8.95. The molecule has 0 aliphatic carbocycles. The van der Waals surface area contributed by atoms with Gasteiger partial charge >= 0.3 is 0 Å². The largest absolute Gasteiger partial charge is 0.504 e. The third kappa shape index (κ3) is 4.31. The van der Waals surface area contributed by atoms with Gasteiger partial charge in [0.1, 0.15) is 11.8 Å². The molecule has 3 heteroatoms. The van der Waals surface area contributed by atoms with Gasteiger partial charge < -0.3 is 14.4 Å². The average Bonchev–Trinajstić information content (AvgIpc) is 2.95. The van der Waals surface area contributed by atoms with Crippen LogP contribution in [-0.4, -0.2) is 18.2 Å². The number of furan rings is 1. The van der Waals surface area contributed by atoms with E-state index in [-0.39, 0.29) is 5.75 Å². The van der Waals surface area contributed by atoms with Gasteiger partial charge in [-0.1, -0.05) is 25.0 Å². The van der Waals surface area contributed by atoms with Crippen molar-refractivity contribution in [2.75, 3.05) is 18.0 Å². The minimum absolute atomic E-state index is 0.234. The third-order valence-corrected chi connectivity index (χ3v) is 4.67. The predicted octanol–water partition coefficient (Wildman–Crippen LogP) is 5.64. The highest BCUT2D eigenvalue weighted by molar-refractivity contribution is 5.87. The maximum absolute atomic E-state index is 9.90. The molecule has 0 spiro atoms. The molecule has 0 radical (unpaired) electrons. The summed E-state index contributed by atoms with van der Waals surface area (Å²) in [5, 5.41) is 10.7. The average molecular weight is 313 g/mol. The zero-order valence-corrected chi connectivity index (χ0v) is 13.8. The molecule has 0 fully saturated rings. The summed E-state index contributed by atoms with van der Waals surface area (Å²) in [4.78, 5) is 2.47. The van der Waals surface area contributed by atoms with Crippen molar-refractivity contribution in [3.05, 3.63) is 36.6 Å². The Kier molecular flexibility index (Phi) is 5.62. The quantitative estimate of drug-likeness (QED) is 0.693. The number of hydrogen-bond acceptors (Lipinski definition) is 3. The molecule has 0 amide bonds. The van der Waals surface area contributed by atoms with Crippen molar-refractivity contribution >= 4 is 16.7 Å². The van der Waals surface area contributed by atoms with Crippen molar-refractivity contribution < 1.29 is 9.52 Å². The lowest BCUT2D eigenvalue weighted by molar-refractivity contribution is 0.464. The summed E-state index contributed by atoms with van der Waals surface area (Å²) in [5.74, 6) is 0.234. The van der Waals surface area contributed by atoms with Crippen LogP contribution in [0.2, 0.25) is 0 Å². The lowest BCUT2D eigenvalue weighted by atomic mass is 10.1. The van der Waals surface area contributed by atoms with Gasteiger partial charge in [0.25, 0.3) is 0 Å². The highest BCUT2D eigenvalue weighted by Crippen LogP contribution is 2.31. The molecule has 1 aromatic carbocycles. The van der Waals surface area contributed by atoms with Gasteiger partial charge in [0.05, 0.1) is 5.39 Å². The summed E-state index contributed by atoms with van der Waals surface area (Å²) in [7, 11) is 0. The number of hydrogen-bond donors (Lipinski definition) is 1. The van der Waals surface area contributed by atoms with Crippen LogP contribution >= 0.6 is 0 Å². The highest BCUT2D eigenvalue weighted by Gasteiger charge is 2.10. The van der Waals surface area contributed by atoms with Crippen LogP contribution in [0.1, 0.15) is 51.4 Å². The van der Waals surface area contributed by atoms with Crippen molar-refractivity contribution in [1.29, 1.82) is 0 Å². The van der Waals surface area contributed by atoms with E-state index >= 15 is 0 Å². The van der Waals surface area contributed by atoms with Crippen molar-refractivity contribution in [3.8, 4) is 5.75 Å². The molecule has 2 aromatic rings. The Balaban J connectivity index is 1.72. The second kappa shape index (κ2) is 8.09. The van der Waals surface area contributed by atoms with Crippen molar-refractivity contribution in [3.63, 3.8) is 0 Å². The fourth-order valence-electron chi connectivity index (χ4n) is 3.29. The van der Waals surface area contributed by atoms with Crippen LogP contribution in [0.3, 0.4) is 0 Å². The van der Waals surface area contributed by atoms with Crippen LogP contribution < -0.4 is 4.90 Å². The summed E-state index contributed by atoms with van der Waals surface area (Å²) in [6.07, 6.45) is 16.2. The van der Waals surface area contributed by atoms with Gasteiger partial charge in [-0.05, 0) is 56.7 Å². The second-order valence-corrected chi connectivity index (χ2v) is 6.46. The molecule has 2 heterocycles. The molecule has 1 aliphatic rings. The molecular formula is C20H27NO2. The first kappa shape index (κ1) is 16.0. The number of aromatic hydroxyl groups is 1. The third-order valence-electron chi connectivity index (χ3n) is 4.67. The lowest BCUT2D eigenvalue weighted by Crippen LogP contribution is -2.25. The smallest absolute Gasteiger partial charge is 0.161 e. The van der Waals surface area contributed by atoms with E-state index in [1.165, 1.54) is 63.3 Å². The molecule has 3 rings (SSSR count). The van der Waals surface area contributed by atoms with Gasteiger partial charge in [-0.25, -0.2) is 0 Å². The molecule has 0 saturated carbocycles. The van der Waals surface area contributed by atoms with Crippen LogP contribution in [0.4, 0.5) is 5.69 Å². The molecule has 124 valence electrons. The summed E-state index contributed by atoms with van der Waals surface area (Å²) in [5.41, 5.74) is 1.95. The van der Waals surface area contributed by atoms with E-state index in [2.05, 4.69) is 29.2 Å². The molecule has 1 N–H and O–H groups in total. The Labute approximate surface area is 138 Å². The van der Waals surface area contributed by atoms with E-state index in [1.54, 1.807) is 0 Å². The fraction of sp³-hybridized carbons (Fsp3) is 0.500. The van der Waals surface area contributed by atoms with Crippen LogP contribution in [0.5, 0.6) is 5.75 Å². The number of allylic oxidation sites excluding steroid dienone is 2. The maximum Gasteiger partial charge on any atom is 0.161 e. The second-order valence-electron chi connectivity index (χ2n) is 6.46. The van der Waals surface area contributed by atoms with Crippen molar-refractivity contribution in [2.45, 2.75) is 51.4 Å². The van der Waals surface area contributed by atoms with Gasteiger partial charge in [-0.3, -0.25) is 0 Å². The van der Waals surface area contributed by atoms with Gasteiger partial charge in [0, 0.05) is 18.8 Å². The monoisotopic (exact) mass is 313 g/mol. The predicted molar refractivity (Wildman–Crippen MR) is 96.2 cm³/mol. The summed E-state index contributed by atoms with van der Waals surface area (Å²) < 4.78 is 5.34. The molecule has 23 heavy (non-hydrogen) atoms. The van der Waals surface area contributed by atoms with Crippen molar-refractivity contribution in [1.82, 2.24) is 0 Å². The SMILES string of the molecule is Oc1coc2ccc(N3CCCCC=CCCCCCC3)cc12. The molecule has 0 atom stereocenters. The minimum atomic E-state index is 0.234. The van der Waals surface area contributed by atoms with Gasteiger partial charge in [0.15, 0.2) is 5.75 Å². The summed E-state index contributed by atoms with van der Waals surface area (Å²) in [6.45, 7) is 2.18. The number of benzene rings is 1. The first-order chi connectivity index (χ1) is 11.3.